The lowest BCUT2D eigenvalue weighted by Crippen LogP contribution is -2.21. The van der Waals surface area contributed by atoms with Crippen molar-refractivity contribution in [3.8, 4) is 0 Å². The summed E-state index contributed by atoms with van der Waals surface area (Å²) in [7, 11) is 0. The van der Waals surface area contributed by atoms with E-state index in [-0.39, 0.29) is 18.6 Å². The molecule has 0 spiro atoms. The summed E-state index contributed by atoms with van der Waals surface area (Å²) in [6.07, 6.45) is 0.898. The smallest absolute Gasteiger partial charge is 0.317 e. The van der Waals surface area contributed by atoms with Crippen LogP contribution in [-0.2, 0) is 19.1 Å². The van der Waals surface area contributed by atoms with Crippen molar-refractivity contribution in [1.82, 2.24) is 0 Å². The Morgan fingerprint density at radius 3 is 1.53 bits per heavy atom. The molecule has 0 aliphatic carbocycles. The van der Waals surface area contributed by atoms with Crippen molar-refractivity contribution in [2.24, 2.45) is 0 Å². The summed E-state index contributed by atoms with van der Waals surface area (Å²) >= 11 is 0. The van der Waals surface area contributed by atoms with E-state index in [0.717, 1.165) is 12.8 Å². The summed E-state index contributed by atoms with van der Waals surface area (Å²) < 4.78 is 9.89. The number of esters is 2. The first kappa shape index (κ1) is 13.9. The van der Waals surface area contributed by atoms with Crippen LogP contribution in [0.1, 0.15) is 47.0 Å². The monoisotopic (exact) mass is 216 g/mol. The zero-order valence-corrected chi connectivity index (χ0v) is 9.91. The maximum absolute atomic E-state index is 11.2. The van der Waals surface area contributed by atoms with Gasteiger partial charge in [0.2, 0.25) is 0 Å². The summed E-state index contributed by atoms with van der Waals surface area (Å²) in [4.78, 5) is 22.3. The van der Waals surface area contributed by atoms with E-state index in [9.17, 15) is 9.59 Å². The molecule has 0 heterocycles. The lowest BCUT2D eigenvalue weighted by atomic mass is 10.3. The lowest BCUT2D eigenvalue weighted by molar-refractivity contribution is -0.159. The van der Waals surface area contributed by atoms with Gasteiger partial charge < -0.3 is 9.47 Å². The number of rotatable bonds is 6. The first-order valence-corrected chi connectivity index (χ1v) is 5.38. The van der Waals surface area contributed by atoms with Gasteiger partial charge in [0.25, 0.3) is 0 Å². The molecule has 0 aliphatic heterocycles. The third-order valence-electron chi connectivity index (χ3n) is 2.10. The van der Waals surface area contributed by atoms with Crippen LogP contribution in [0.15, 0.2) is 0 Å². The third kappa shape index (κ3) is 6.94. The van der Waals surface area contributed by atoms with Crippen molar-refractivity contribution in [1.29, 1.82) is 0 Å². The molecule has 0 radical (unpaired) electrons. The van der Waals surface area contributed by atoms with Crippen molar-refractivity contribution in [3.05, 3.63) is 0 Å². The van der Waals surface area contributed by atoms with E-state index in [1.165, 1.54) is 0 Å². The van der Waals surface area contributed by atoms with Crippen LogP contribution in [0.3, 0.4) is 0 Å². The molecule has 4 nitrogen and oxygen atoms in total. The molecule has 0 bridgehead atoms. The molecule has 0 rings (SSSR count). The number of carbonyl (C=O) groups excluding carboxylic acids is 2. The molecule has 4 heteroatoms. The topological polar surface area (TPSA) is 52.6 Å². The normalized spacial score (nSPS) is 14.1. The van der Waals surface area contributed by atoms with E-state index in [0.29, 0.717) is 0 Å². The molecule has 15 heavy (non-hydrogen) atoms. The minimum atomic E-state index is -0.516. The highest BCUT2D eigenvalue weighted by Gasteiger charge is 2.15. The van der Waals surface area contributed by atoms with Crippen LogP contribution < -0.4 is 0 Å². The van der Waals surface area contributed by atoms with Crippen LogP contribution in [0.5, 0.6) is 0 Å². The maximum atomic E-state index is 11.2. The van der Waals surface area contributed by atoms with Crippen molar-refractivity contribution in [2.75, 3.05) is 0 Å². The fourth-order valence-corrected chi connectivity index (χ4v) is 0.817. The Bertz CT molecular complexity index is 191. The molecule has 2 atom stereocenters. The summed E-state index contributed by atoms with van der Waals surface area (Å²) in [6, 6.07) is 0. The van der Waals surface area contributed by atoms with Gasteiger partial charge in [0.05, 0.1) is 12.2 Å². The second-order valence-corrected chi connectivity index (χ2v) is 3.59. The van der Waals surface area contributed by atoms with Crippen molar-refractivity contribution < 1.29 is 19.1 Å². The molecule has 0 saturated carbocycles. The van der Waals surface area contributed by atoms with E-state index in [2.05, 4.69) is 0 Å². The predicted molar refractivity (Wildman–Crippen MR) is 56.3 cm³/mol. The van der Waals surface area contributed by atoms with Gasteiger partial charge in [0.15, 0.2) is 0 Å². The van der Waals surface area contributed by atoms with Crippen molar-refractivity contribution >= 4 is 11.9 Å². The van der Waals surface area contributed by atoms with Crippen molar-refractivity contribution in [3.63, 3.8) is 0 Å². The Labute approximate surface area is 90.9 Å². The Hall–Kier alpha value is -1.06. The molecule has 0 aromatic carbocycles. The third-order valence-corrected chi connectivity index (χ3v) is 2.10. The van der Waals surface area contributed by atoms with Crippen LogP contribution in [0.2, 0.25) is 0 Å². The zero-order valence-electron chi connectivity index (χ0n) is 9.91. The lowest BCUT2D eigenvalue weighted by Gasteiger charge is -2.12. The minimum Gasteiger partial charge on any atom is -0.462 e. The largest absolute Gasteiger partial charge is 0.462 e. The summed E-state index contributed by atoms with van der Waals surface area (Å²) in [5, 5.41) is 0. The second kappa shape index (κ2) is 7.26. The van der Waals surface area contributed by atoms with Crippen LogP contribution in [0.4, 0.5) is 0 Å². The predicted octanol–water partition coefficient (Wildman–Crippen LogP) is 2.06. The Morgan fingerprint density at radius 2 is 1.27 bits per heavy atom. The molecule has 0 N–H and O–H groups in total. The van der Waals surface area contributed by atoms with Crippen LogP contribution in [0, 0.1) is 0 Å². The molecule has 0 fully saturated rings. The van der Waals surface area contributed by atoms with Gasteiger partial charge in [-0.3, -0.25) is 9.59 Å². The maximum Gasteiger partial charge on any atom is 0.317 e. The van der Waals surface area contributed by atoms with E-state index in [1.807, 2.05) is 13.8 Å². The number of ether oxygens (including phenoxy) is 2. The van der Waals surface area contributed by atoms with Crippen LogP contribution >= 0.6 is 0 Å². The van der Waals surface area contributed by atoms with E-state index >= 15 is 0 Å². The van der Waals surface area contributed by atoms with Crippen LogP contribution in [0.25, 0.3) is 0 Å². The number of hydrogen-bond acceptors (Lipinski definition) is 4. The molecule has 0 amide bonds. The Balaban J connectivity index is 3.81. The van der Waals surface area contributed by atoms with Crippen molar-refractivity contribution in [2.45, 2.75) is 59.2 Å². The molecule has 88 valence electrons. The zero-order chi connectivity index (χ0) is 11.8. The summed E-state index contributed by atoms with van der Waals surface area (Å²) in [5.41, 5.74) is 0. The highest BCUT2D eigenvalue weighted by atomic mass is 16.6. The van der Waals surface area contributed by atoms with Gasteiger partial charge >= 0.3 is 11.9 Å². The molecule has 0 saturated heterocycles. The average molecular weight is 216 g/mol. The highest BCUT2D eigenvalue weighted by Crippen LogP contribution is 2.02. The fourth-order valence-electron chi connectivity index (χ4n) is 0.817. The molecule has 0 aliphatic rings. The molecular formula is C11H20O4. The molecule has 0 aromatic rings. The average Bonchev–Trinajstić information content (AvgIpc) is 2.16. The fraction of sp³-hybridized carbons (Fsp3) is 0.818. The Kier molecular flexibility index (Phi) is 6.75. The molecular weight excluding hydrogens is 196 g/mol. The van der Waals surface area contributed by atoms with Gasteiger partial charge in [-0.1, -0.05) is 13.8 Å². The number of carbonyl (C=O) groups is 2. The van der Waals surface area contributed by atoms with Gasteiger partial charge in [-0.05, 0) is 26.7 Å². The first-order chi connectivity index (χ1) is 6.99. The van der Waals surface area contributed by atoms with E-state index in [1.54, 1.807) is 13.8 Å². The van der Waals surface area contributed by atoms with Gasteiger partial charge in [-0.2, -0.15) is 0 Å². The summed E-state index contributed by atoms with van der Waals surface area (Å²) in [5.74, 6) is -1.03. The quantitative estimate of drug-likeness (QED) is 0.503. The SMILES string of the molecule is CCC(C)OC(=O)CC(=O)OC(C)CC. The summed E-state index contributed by atoms with van der Waals surface area (Å²) in [6.45, 7) is 7.40. The standard InChI is InChI=1S/C11H20O4/c1-5-8(3)14-10(12)7-11(13)15-9(4)6-2/h8-9H,5-7H2,1-4H3. The Morgan fingerprint density at radius 1 is 0.933 bits per heavy atom. The minimum absolute atomic E-state index is 0.145. The van der Waals surface area contributed by atoms with Gasteiger partial charge in [-0.25, -0.2) is 0 Å². The highest BCUT2D eigenvalue weighted by molar-refractivity contribution is 5.91. The second-order valence-electron chi connectivity index (χ2n) is 3.59. The van der Waals surface area contributed by atoms with E-state index in [4.69, 9.17) is 9.47 Å². The van der Waals surface area contributed by atoms with Gasteiger partial charge in [0, 0.05) is 0 Å². The molecule has 2 unspecified atom stereocenters. The number of hydrogen-bond donors (Lipinski definition) is 0. The van der Waals surface area contributed by atoms with Crippen LogP contribution in [-0.4, -0.2) is 24.1 Å². The van der Waals surface area contributed by atoms with Gasteiger partial charge in [0.1, 0.15) is 6.42 Å². The van der Waals surface area contributed by atoms with Gasteiger partial charge in [-0.15, -0.1) is 0 Å². The molecule has 0 aromatic heterocycles. The first-order valence-electron chi connectivity index (χ1n) is 5.38. The van der Waals surface area contributed by atoms with E-state index < -0.39 is 11.9 Å².